The van der Waals surface area contributed by atoms with Gasteiger partial charge in [-0.25, -0.2) is 4.79 Å². The van der Waals surface area contributed by atoms with E-state index in [9.17, 15) is 4.79 Å². The van der Waals surface area contributed by atoms with Crippen LogP contribution in [0.15, 0.2) is 36.5 Å². The van der Waals surface area contributed by atoms with E-state index in [-0.39, 0.29) is 6.03 Å². The predicted molar refractivity (Wildman–Crippen MR) is 83.5 cm³/mol. The largest absolute Gasteiger partial charge is 0.323 e. The van der Waals surface area contributed by atoms with Crippen LogP contribution in [0.1, 0.15) is 43.7 Å². The van der Waals surface area contributed by atoms with Gasteiger partial charge in [0.25, 0.3) is 0 Å². The maximum absolute atomic E-state index is 12.1. The number of aromatic amines is 1. The zero-order valence-corrected chi connectivity index (χ0v) is 11.9. The number of hydrogen-bond donors (Lipinski definition) is 3. The van der Waals surface area contributed by atoms with Crippen molar-refractivity contribution in [2.45, 2.75) is 38.0 Å². The molecular formula is C16H20N4O. The molecule has 1 aliphatic carbocycles. The van der Waals surface area contributed by atoms with Crippen molar-refractivity contribution in [3.63, 3.8) is 0 Å². The molecule has 1 aliphatic rings. The summed E-state index contributed by atoms with van der Waals surface area (Å²) in [5.74, 6) is 0.480. The zero-order chi connectivity index (χ0) is 14.5. The fraction of sp³-hybridized carbons (Fsp3) is 0.375. The second-order valence-electron chi connectivity index (χ2n) is 5.48. The van der Waals surface area contributed by atoms with E-state index in [1.54, 1.807) is 6.20 Å². The number of para-hydroxylation sites is 1. The summed E-state index contributed by atoms with van der Waals surface area (Å²) in [5, 5.41) is 12.9. The standard InChI is InChI=1S/C16H20N4O/c21-16(18-13-9-5-2-6-10-13)19-14-11-17-20-15(14)12-7-3-1-4-8-12/h2,5-6,9-12H,1,3-4,7-8H2,(H,17,20)(H2,18,19,21). The highest BCUT2D eigenvalue weighted by Crippen LogP contribution is 2.34. The first-order chi connectivity index (χ1) is 10.3. The maximum Gasteiger partial charge on any atom is 0.323 e. The van der Waals surface area contributed by atoms with Crippen molar-refractivity contribution in [1.82, 2.24) is 10.2 Å². The van der Waals surface area contributed by atoms with Gasteiger partial charge in [-0.15, -0.1) is 0 Å². The number of nitrogens with zero attached hydrogens (tertiary/aromatic N) is 1. The lowest BCUT2D eigenvalue weighted by Gasteiger charge is -2.21. The Kier molecular flexibility index (Phi) is 4.19. The Morgan fingerprint density at radius 2 is 1.86 bits per heavy atom. The first kappa shape index (κ1) is 13.7. The van der Waals surface area contributed by atoms with Crippen molar-refractivity contribution in [2.75, 3.05) is 10.6 Å². The molecule has 1 aromatic heterocycles. The van der Waals surface area contributed by atoms with Gasteiger partial charge in [-0.05, 0) is 25.0 Å². The van der Waals surface area contributed by atoms with E-state index in [4.69, 9.17) is 0 Å². The highest BCUT2D eigenvalue weighted by molar-refractivity contribution is 6.00. The van der Waals surface area contributed by atoms with Gasteiger partial charge in [0.05, 0.1) is 17.6 Å². The lowest BCUT2D eigenvalue weighted by molar-refractivity contribution is 0.262. The highest BCUT2D eigenvalue weighted by Gasteiger charge is 2.21. The number of rotatable bonds is 3. The second-order valence-corrected chi connectivity index (χ2v) is 5.48. The predicted octanol–water partition coefficient (Wildman–Crippen LogP) is 4.10. The van der Waals surface area contributed by atoms with Gasteiger partial charge in [0.1, 0.15) is 0 Å². The smallest absolute Gasteiger partial charge is 0.308 e. The molecule has 1 heterocycles. The number of benzene rings is 1. The summed E-state index contributed by atoms with van der Waals surface area (Å²) >= 11 is 0. The van der Waals surface area contributed by atoms with Crippen LogP contribution < -0.4 is 10.6 Å². The maximum atomic E-state index is 12.1. The number of H-pyrrole nitrogens is 1. The molecule has 1 aromatic carbocycles. The van der Waals surface area contributed by atoms with Gasteiger partial charge in [0.2, 0.25) is 0 Å². The van der Waals surface area contributed by atoms with Crippen LogP contribution in [-0.4, -0.2) is 16.2 Å². The average Bonchev–Trinajstić information content (AvgIpc) is 2.97. The SMILES string of the molecule is O=C(Nc1ccccc1)Nc1cn[nH]c1C1CCCCC1. The quantitative estimate of drug-likeness (QED) is 0.794. The number of anilines is 2. The Balaban J connectivity index is 1.65. The van der Waals surface area contributed by atoms with E-state index in [0.717, 1.165) is 29.9 Å². The molecule has 0 unspecified atom stereocenters. The number of urea groups is 1. The zero-order valence-electron chi connectivity index (χ0n) is 11.9. The lowest BCUT2D eigenvalue weighted by Crippen LogP contribution is -2.20. The Hall–Kier alpha value is -2.30. The average molecular weight is 284 g/mol. The van der Waals surface area contributed by atoms with Crippen LogP contribution in [-0.2, 0) is 0 Å². The van der Waals surface area contributed by atoms with E-state index in [2.05, 4.69) is 20.8 Å². The first-order valence-electron chi connectivity index (χ1n) is 7.49. The molecule has 0 aliphatic heterocycles. The molecule has 1 saturated carbocycles. The minimum atomic E-state index is -0.236. The van der Waals surface area contributed by atoms with Gasteiger partial charge in [0.15, 0.2) is 0 Å². The number of amides is 2. The third-order valence-electron chi connectivity index (χ3n) is 3.96. The number of carbonyl (C=O) groups excluding carboxylic acids is 1. The molecular weight excluding hydrogens is 264 g/mol. The van der Waals surface area contributed by atoms with Gasteiger partial charge in [-0.1, -0.05) is 37.5 Å². The number of hydrogen-bond acceptors (Lipinski definition) is 2. The number of aromatic nitrogens is 2. The fourth-order valence-corrected chi connectivity index (χ4v) is 2.90. The Morgan fingerprint density at radius 1 is 1.10 bits per heavy atom. The first-order valence-corrected chi connectivity index (χ1v) is 7.49. The summed E-state index contributed by atoms with van der Waals surface area (Å²) in [4.78, 5) is 12.1. The number of carbonyl (C=O) groups is 1. The van der Waals surface area contributed by atoms with Crippen LogP contribution in [0.2, 0.25) is 0 Å². The lowest BCUT2D eigenvalue weighted by atomic mass is 9.86. The van der Waals surface area contributed by atoms with Crippen molar-refractivity contribution in [3.8, 4) is 0 Å². The van der Waals surface area contributed by atoms with E-state index >= 15 is 0 Å². The normalized spacial score (nSPS) is 15.6. The van der Waals surface area contributed by atoms with Crippen LogP contribution in [0, 0.1) is 0 Å². The molecule has 2 amide bonds. The molecule has 1 fully saturated rings. The highest BCUT2D eigenvalue weighted by atomic mass is 16.2. The molecule has 21 heavy (non-hydrogen) atoms. The molecule has 5 nitrogen and oxygen atoms in total. The molecule has 0 spiro atoms. The molecule has 0 bridgehead atoms. The minimum Gasteiger partial charge on any atom is -0.308 e. The van der Waals surface area contributed by atoms with Crippen LogP contribution in [0.3, 0.4) is 0 Å². The Morgan fingerprint density at radius 3 is 2.62 bits per heavy atom. The summed E-state index contributed by atoms with van der Waals surface area (Å²) < 4.78 is 0. The third kappa shape index (κ3) is 3.42. The van der Waals surface area contributed by atoms with E-state index < -0.39 is 0 Å². The van der Waals surface area contributed by atoms with Crippen LogP contribution in [0.25, 0.3) is 0 Å². The van der Waals surface area contributed by atoms with E-state index in [1.807, 2.05) is 30.3 Å². The Labute approximate surface area is 124 Å². The summed E-state index contributed by atoms with van der Waals surface area (Å²) in [6.45, 7) is 0. The van der Waals surface area contributed by atoms with Crippen LogP contribution in [0.5, 0.6) is 0 Å². The molecule has 3 N–H and O–H groups in total. The van der Waals surface area contributed by atoms with Gasteiger partial charge >= 0.3 is 6.03 Å². The molecule has 0 atom stereocenters. The topological polar surface area (TPSA) is 69.8 Å². The van der Waals surface area contributed by atoms with Crippen LogP contribution in [0.4, 0.5) is 16.2 Å². The fourth-order valence-electron chi connectivity index (χ4n) is 2.90. The van der Waals surface area contributed by atoms with Gasteiger partial charge < -0.3 is 10.6 Å². The van der Waals surface area contributed by atoms with Gasteiger partial charge in [-0.2, -0.15) is 5.10 Å². The molecule has 3 rings (SSSR count). The molecule has 0 saturated heterocycles. The molecule has 0 radical (unpaired) electrons. The third-order valence-corrected chi connectivity index (χ3v) is 3.96. The van der Waals surface area contributed by atoms with Crippen molar-refractivity contribution >= 4 is 17.4 Å². The summed E-state index contributed by atoms with van der Waals surface area (Å²) in [6.07, 6.45) is 7.82. The number of nitrogens with one attached hydrogen (secondary N) is 3. The summed E-state index contributed by atoms with van der Waals surface area (Å²) in [5.41, 5.74) is 2.62. The molecule has 110 valence electrons. The Bertz CT molecular complexity index is 587. The monoisotopic (exact) mass is 284 g/mol. The van der Waals surface area contributed by atoms with Crippen molar-refractivity contribution in [2.24, 2.45) is 0 Å². The van der Waals surface area contributed by atoms with Crippen molar-refractivity contribution < 1.29 is 4.79 Å². The second kappa shape index (κ2) is 6.43. The summed E-state index contributed by atoms with van der Waals surface area (Å²) in [6, 6.07) is 9.18. The molecule has 2 aromatic rings. The van der Waals surface area contributed by atoms with Gasteiger partial charge in [-0.3, -0.25) is 5.10 Å². The van der Waals surface area contributed by atoms with Crippen molar-refractivity contribution in [3.05, 3.63) is 42.2 Å². The van der Waals surface area contributed by atoms with Crippen molar-refractivity contribution in [1.29, 1.82) is 0 Å². The minimum absolute atomic E-state index is 0.236. The van der Waals surface area contributed by atoms with Crippen LogP contribution >= 0.6 is 0 Å². The van der Waals surface area contributed by atoms with E-state index in [1.165, 1.54) is 19.3 Å². The van der Waals surface area contributed by atoms with Gasteiger partial charge in [0, 0.05) is 11.6 Å². The summed E-state index contributed by atoms with van der Waals surface area (Å²) in [7, 11) is 0. The molecule has 5 heteroatoms. The van der Waals surface area contributed by atoms with E-state index in [0.29, 0.717) is 5.92 Å².